The summed E-state index contributed by atoms with van der Waals surface area (Å²) < 4.78 is 5.38. The number of nitrogens with one attached hydrogen (secondary N) is 1. The average Bonchev–Trinajstić information content (AvgIpc) is 2.42. The van der Waals surface area contributed by atoms with Crippen molar-refractivity contribution in [3.05, 3.63) is 33.1 Å². The summed E-state index contributed by atoms with van der Waals surface area (Å²) in [5.74, 6) is -0.0191. The fraction of sp³-hybridized carbons (Fsp3) is 0.538. The third-order valence-electron chi connectivity index (χ3n) is 2.48. The van der Waals surface area contributed by atoms with Crippen LogP contribution in [0.15, 0.2) is 12.3 Å². The largest absolute Gasteiger partial charge is 0.381 e. The van der Waals surface area contributed by atoms with Gasteiger partial charge in [0.05, 0.1) is 10.5 Å². The first-order valence-electron chi connectivity index (χ1n) is 6.57. The van der Waals surface area contributed by atoms with Gasteiger partial charge in [0.1, 0.15) is 11.3 Å². The van der Waals surface area contributed by atoms with Gasteiger partial charge in [-0.2, -0.15) is 0 Å². The molecule has 0 aromatic carbocycles. The van der Waals surface area contributed by atoms with Gasteiger partial charge in [-0.1, -0.05) is 25.4 Å². The second-order valence-corrected chi connectivity index (χ2v) is 5.23. The summed E-state index contributed by atoms with van der Waals surface area (Å²) in [6.07, 6.45) is 1.66. The SMILES string of the molecule is CC(C)COCCCNC(=O)c1cc([N+](=O)[O-])cnc1Cl. The zero-order valence-corrected chi connectivity index (χ0v) is 12.7. The lowest BCUT2D eigenvalue weighted by Crippen LogP contribution is -2.26. The van der Waals surface area contributed by atoms with Gasteiger partial charge in [0.25, 0.3) is 11.6 Å². The van der Waals surface area contributed by atoms with Gasteiger partial charge >= 0.3 is 0 Å². The topological polar surface area (TPSA) is 94.4 Å². The van der Waals surface area contributed by atoms with Crippen LogP contribution in [0.1, 0.15) is 30.6 Å². The van der Waals surface area contributed by atoms with Crippen LogP contribution >= 0.6 is 11.6 Å². The van der Waals surface area contributed by atoms with E-state index >= 15 is 0 Å². The van der Waals surface area contributed by atoms with E-state index in [1.54, 1.807) is 0 Å². The molecule has 0 aliphatic rings. The van der Waals surface area contributed by atoms with E-state index in [9.17, 15) is 14.9 Å². The predicted octanol–water partition coefficient (Wildman–Crippen LogP) is 2.44. The van der Waals surface area contributed by atoms with Gasteiger partial charge in [-0.3, -0.25) is 14.9 Å². The molecule has 1 amide bonds. The van der Waals surface area contributed by atoms with Gasteiger partial charge in [0.2, 0.25) is 0 Å². The maximum Gasteiger partial charge on any atom is 0.288 e. The monoisotopic (exact) mass is 315 g/mol. The van der Waals surface area contributed by atoms with Gasteiger partial charge in [-0.15, -0.1) is 0 Å². The molecule has 8 heteroatoms. The Morgan fingerprint density at radius 3 is 2.90 bits per heavy atom. The Kier molecular flexibility index (Phi) is 7.04. The van der Waals surface area contributed by atoms with Gasteiger partial charge in [-0.05, 0) is 12.3 Å². The quantitative estimate of drug-likeness (QED) is 0.344. The molecule has 1 heterocycles. The molecule has 0 saturated heterocycles. The number of amides is 1. The van der Waals surface area contributed by atoms with Crippen LogP contribution in [0.25, 0.3) is 0 Å². The number of hydrogen-bond donors (Lipinski definition) is 1. The van der Waals surface area contributed by atoms with Crippen molar-refractivity contribution in [2.45, 2.75) is 20.3 Å². The second-order valence-electron chi connectivity index (χ2n) is 4.87. The summed E-state index contributed by atoms with van der Waals surface area (Å²) in [7, 11) is 0. The summed E-state index contributed by atoms with van der Waals surface area (Å²) in [5.41, 5.74) is -0.279. The summed E-state index contributed by atoms with van der Waals surface area (Å²) >= 11 is 5.77. The molecule has 0 radical (unpaired) electrons. The van der Waals surface area contributed by atoms with Crippen molar-refractivity contribution in [3.8, 4) is 0 Å². The first kappa shape index (κ1) is 17.3. The number of aromatic nitrogens is 1. The first-order chi connectivity index (χ1) is 9.91. The molecule has 0 atom stereocenters. The fourth-order valence-corrected chi connectivity index (χ4v) is 1.68. The van der Waals surface area contributed by atoms with E-state index in [-0.39, 0.29) is 16.4 Å². The van der Waals surface area contributed by atoms with E-state index in [0.29, 0.717) is 32.1 Å². The molecule has 0 bridgehead atoms. The van der Waals surface area contributed by atoms with E-state index in [2.05, 4.69) is 24.1 Å². The summed E-state index contributed by atoms with van der Waals surface area (Å²) in [5, 5.41) is 13.2. The van der Waals surface area contributed by atoms with E-state index < -0.39 is 10.8 Å². The zero-order chi connectivity index (χ0) is 15.8. The van der Waals surface area contributed by atoms with E-state index in [4.69, 9.17) is 16.3 Å². The third-order valence-corrected chi connectivity index (χ3v) is 2.78. The lowest BCUT2D eigenvalue weighted by Gasteiger charge is -2.08. The zero-order valence-electron chi connectivity index (χ0n) is 12.0. The van der Waals surface area contributed by atoms with Gasteiger partial charge in [-0.25, -0.2) is 4.98 Å². The molecule has 0 fully saturated rings. The highest BCUT2D eigenvalue weighted by molar-refractivity contribution is 6.32. The van der Waals surface area contributed by atoms with Crippen molar-refractivity contribution in [2.24, 2.45) is 5.92 Å². The molecule has 0 spiro atoms. The third kappa shape index (κ3) is 6.05. The number of carbonyl (C=O) groups excluding carboxylic acids is 1. The number of ether oxygens (including phenoxy) is 1. The lowest BCUT2D eigenvalue weighted by molar-refractivity contribution is -0.385. The molecule has 0 aliphatic carbocycles. The number of pyridine rings is 1. The Labute approximate surface area is 127 Å². The molecule has 0 saturated carbocycles. The molecule has 1 N–H and O–H groups in total. The number of carbonyl (C=O) groups is 1. The lowest BCUT2D eigenvalue weighted by atomic mass is 10.2. The summed E-state index contributed by atoms with van der Waals surface area (Å²) in [4.78, 5) is 25.5. The molecule has 1 aromatic rings. The van der Waals surface area contributed by atoms with E-state index in [0.717, 1.165) is 12.3 Å². The van der Waals surface area contributed by atoms with Crippen LogP contribution in [0.2, 0.25) is 5.15 Å². The highest BCUT2D eigenvalue weighted by atomic mass is 35.5. The van der Waals surface area contributed by atoms with Crippen molar-refractivity contribution in [3.63, 3.8) is 0 Å². The number of rotatable bonds is 8. The smallest absolute Gasteiger partial charge is 0.288 e. The Morgan fingerprint density at radius 1 is 1.57 bits per heavy atom. The molecule has 0 unspecified atom stereocenters. The standard InChI is InChI=1S/C13H18ClN3O4/c1-9(2)8-21-5-3-4-15-13(18)11-6-10(17(19)20)7-16-12(11)14/h6-7,9H,3-5,8H2,1-2H3,(H,15,18). The Morgan fingerprint density at radius 2 is 2.29 bits per heavy atom. The second kappa shape index (κ2) is 8.53. The van der Waals surface area contributed by atoms with Crippen LogP contribution in [0.5, 0.6) is 0 Å². The minimum Gasteiger partial charge on any atom is -0.381 e. The van der Waals surface area contributed by atoms with Crippen LogP contribution in [-0.2, 0) is 4.74 Å². The minimum absolute atomic E-state index is 0.00559. The number of nitrogens with zero attached hydrogens (tertiary/aromatic N) is 2. The summed E-state index contributed by atoms with van der Waals surface area (Å²) in [6, 6.07) is 1.11. The summed E-state index contributed by atoms with van der Waals surface area (Å²) in [6.45, 7) is 5.72. The fourth-order valence-electron chi connectivity index (χ4n) is 1.49. The van der Waals surface area contributed by atoms with Crippen LogP contribution < -0.4 is 5.32 Å². The van der Waals surface area contributed by atoms with Gasteiger partial charge in [0, 0.05) is 25.8 Å². The number of nitro groups is 1. The highest BCUT2D eigenvalue weighted by Crippen LogP contribution is 2.18. The molecule has 116 valence electrons. The van der Waals surface area contributed by atoms with Crippen molar-refractivity contribution >= 4 is 23.2 Å². The molecular weight excluding hydrogens is 298 g/mol. The Hall–Kier alpha value is -1.73. The molecule has 1 aromatic heterocycles. The highest BCUT2D eigenvalue weighted by Gasteiger charge is 2.16. The molecule has 7 nitrogen and oxygen atoms in total. The molecule has 0 aliphatic heterocycles. The first-order valence-corrected chi connectivity index (χ1v) is 6.95. The van der Waals surface area contributed by atoms with E-state index in [1.807, 2.05) is 0 Å². The van der Waals surface area contributed by atoms with Gasteiger partial charge in [0.15, 0.2) is 0 Å². The van der Waals surface area contributed by atoms with Crippen molar-refractivity contribution < 1.29 is 14.5 Å². The molecule has 21 heavy (non-hydrogen) atoms. The maximum atomic E-state index is 11.9. The average molecular weight is 316 g/mol. The minimum atomic E-state index is -0.625. The predicted molar refractivity (Wildman–Crippen MR) is 78.5 cm³/mol. The van der Waals surface area contributed by atoms with Crippen molar-refractivity contribution in [1.29, 1.82) is 0 Å². The Balaban J connectivity index is 2.45. The Bertz CT molecular complexity index is 508. The van der Waals surface area contributed by atoms with Gasteiger partial charge < -0.3 is 10.1 Å². The molecule has 1 rings (SSSR count). The number of halogens is 1. The van der Waals surface area contributed by atoms with Crippen LogP contribution in [-0.4, -0.2) is 35.6 Å². The van der Waals surface area contributed by atoms with Crippen LogP contribution in [0.3, 0.4) is 0 Å². The normalized spacial score (nSPS) is 10.7. The van der Waals surface area contributed by atoms with Crippen molar-refractivity contribution in [1.82, 2.24) is 10.3 Å². The number of hydrogen-bond acceptors (Lipinski definition) is 5. The maximum absolute atomic E-state index is 11.9. The van der Waals surface area contributed by atoms with Crippen molar-refractivity contribution in [2.75, 3.05) is 19.8 Å². The van der Waals surface area contributed by atoms with E-state index in [1.165, 1.54) is 0 Å². The molecular formula is C13H18ClN3O4. The van der Waals surface area contributed by atoms with Crippen LogP contribution in [0.4, 0.5) is 5.69 Å². The van der Waals surface area contributed by atoms with Crippen LogP contribution in [0, 0.1) is 16.0 Å².